The molecular formula is C20H36MoO8S8. The Bertz CT molecular complexity index is 543. The number of rotatable bonds is 4. The zero-order valence-electron chi connectivity index (χ0n) is 22.9. The molecule has 37 heavy (non-hydrogen) atoms. The zero-order chi connectivity index (χ0) is 30.0. The van der Waals surface area contributed by atoms with Crippen LogP contribution in [-0.2, 0) is 111 Å². The summed E-state index contributed by atoms with van der Waals surface area (Å²) in [5.74, 6) is 0. The Morgan fingerprint density at radius 3 is 0.514 bits per heavy atom. The van der Waals surface area contributed by atoms with Crippen molar-refractivity contribution in [1.82, 2.24) is 0 Å². The second-order valence-corrected chi connectivity index (χ2v) is 14.1. The molecule has 0 aromatic rings. The summed E-state index contributed by atoms with van der Waals surface area (Å²) in [5, 5.41) is 0. The average molecular weight is 757 g/mol. The SMILES string of the molecule is CC(C)(C)OOC(=S)[S-].CC(C)(C)OOC(=S)[S-].CC(C)(C)OOC(=S)[S-].CC(C)(C)OOC(=S)[S-].[Mo+4]. The first-order valence-electron chi connectivity index (χ1n) is 9.93. The van der Waals surface area contributed by atoms with Crippen molar-refractivity contribution >= 4 is 117 Å². The fourth-order valence-electron chi connectivity index (χ4n) is 0.636. The van der Waals surface area contributed by atoms with E-state index in [0.29, 0.717) is 0 Å². The third kappa shape index (κ3) is 72.5. The van der Waals surface area contributed by atoms with Gasteiger partial charge in [-0.1, -0.05) is 0 Å². The minimum absolute atomic E-state index is 0. The van der Waals surface area contributed by atoms with Crippen molar-refractivity contribution in [3.63, 3.8) is 0 Å². The van der Waals surface area contributed by atoms with Gasteiger partial charge in [0.2, 0.25) is 0 Å². The van der Waals surface area contributed by atoms with Crippen LogP contribution in [0.4, 0.5) is 0 Å². The fourth-order valence-corrected chi connectivity index (χ4v) is 0.908. The second kappa shape index (κ2) is 23.7. The van der Waals surface area contributed by atoms with Gasteiger partial charge in [-0.2, -0.15) is 19.6 Å². The first-order chi connectivity index (χ1) is 15.7. The van der Waals surface area contributed by atoms with Gasteiger partial charge in [0.1, 0.15) is 22.4 Å². The third-order valence-electron chi connectivity index (χ3n) is 1.44. The minimum atomic E-state index is -0.344. The van der Waals surface area contributed by atoms with E-state index in [1.165, 1.54) is 0 Å². The Morgan fingerprint density at radius 1 is 0.378 bits per heavy atom. The molecule has 0 amide bonds. The smallest absolute Gasteiger partial charge is 0.387 e. The molecule has 0 spiro atoms. The summed E-state index contributed by atoms with van der Waals surface area (Å²) in [6.45, 7) is 22.2. The Hall–Kier alpha value is 0.968. The summed E-state index contributed by atoms with van der Waals surface area (Å²) in [7, 11) is 0. The molecule has 0 N–H and O–H groups in total. The molecule has 0 fully saturated rings. The number of hydrogen-bond acceptors (Lipinski definition) is 16. The molecule has 0 unspecified atom stereocenters. The van der Waals surface area contributed by atoms with Crippen molar-refractivity contribution < 1.29 is 60.2 Å². The van der Waals surface area contributed by atoms with Gasteiger partial charge >= 0.3 is 21.1 Å². The zero-order valence-corrected chi connectivity index (χ0v) is 31.5. The average Bonchev–Trinajstić information content (AvgIpc) is 2.61. The van der Waals surface area contributed by atoms with Gasteiger partial charge in [0, 0.05) is 0 Å². The van der Waals surface area contributed by atoms with Crippen molar-refractivity contribution in [2.75, 3.05) is 0 Å². The molecule has 0 heterocycles. The van der Waals surface area contributed by atoms with Crippen LogP contribution in [0.3, 0.4) is 0 Å². The van der Waals surface area contributed by atoms with Gasteiger partial charge in [-0.25, -0.2) is 0 Å². The van der Waals surface area contributed by atoms with E-state index in [-0.39, 0.29) is 61.0 Å². The van der Waals surface area contributed by atoms with Crippen LogP contribution >= 0.6 is 48.9 Å². The van der Waals surface area contributed by atoms with E-state index in [2.05, 4.69) is 119 Å². The van der Waals surface area contributed by atoms with Crippen molar-refractivity contribution in [2.45, 2.75) is 105 Å². The third-order valence-corrected chi connectivity index (χ3v) is 1.98. The maximum Gasteiger partial charge on any atom is 4.00 e. The summed E-state index contributed by atoms with van der Waals surface area (Å²) in [6, 6.07) is 0. The molecule has 0 saturated heterocycles. The van der Waals surface area contributed by atoms with E-state index in [0.717, 1.165) is 0 Å². The van der Waals surface area contributed by atoms with Gasteiger partial charge in [0.25, 0.3) is 0 Å². The molecule has 0 aliphatic heterocycles. The van der Waals surface area contributed by atoms with E-state index >= 15 is 0 Å². The summed E-state index contributed by atoms with van der Waals surface area (Å²) in [4.78, 5) is 36.8. The Kier molecular flexibility index (Phi) is 30.5. The molecule has 0 saturated carbocycles. The summed E-state index contributed by atoms with van der Waals surface area (Å²) < 4.78 is -0.0373. The van der Waals surface area contributed by atoms with Gasteiger partial charge in [0.05, 0.1) is 17.5 Å². The first-order valence-corrected chi connectivity index (χ1v) is 13.2. The Labute approximate surface area is 280 Å². The van der Waals surface area contributed by atoms with Crippen LogP contribution in [0.15, 0.2) is 0 Å². The summed E-state index contributed by atoms with van der Waals surface area (Å²) >= 11 is 35.4. The molecule has 0 atom stereocenters. The summed E-state index contributed by atoms with van der Waals surface area (Å²) in [6.07, 6.45) is 0. The molecule has 0 radical (unpaired) electrons. The molecule has 8 nitrogen and oxygen atoms in total. The topological polar surface area (TPSA) is 73.8 Å². The van der Waals surface area contributed by atoms with Crippen LogP contribution in [0, 0.1) is 0 Å². The largest absolute Gasteiger partial charge is 4.00 e. The molecular weight excluding hydrogens is 721 g/mol. The van der Waals surface area contributed by atoms with Crippen LogP contribution in [0.5, 0.6) is 0 Å². The second-order valence-electron chi connectivity index (χ2n) is 10.1. The fraction of sp³-hybridized carbons (Fsp3) is 0.800. The van der Waals surface area contributed by atoms with E-state index in [1.54, 1.807) is 0 Å². The van der Waals surface area contributed by atoms with Crippen molar-refractivity contribution in [2.24, 2.45) is 0 Å². The van der Waals surface area contributed by atoms with Gasteiger partial charge < -0.3 is 119 Å². The molecule has 17 heteroatoms. The normalized spacial score (nSPS) is 10.7. The maximum atomic E-state index is 4.75. The maximum absolute atomic E-state index is 4.75. The number of thiocarbonyl (C=S) groups is 4. The van der Waals surface area contributed by atoms with E-state index in [9.17, 15) is 0 Å². The predicted molar refractivity (Wildman–Crippen MR) is 168 cm³/mol. The molecule has 0 rings (SSSR count). The minimum Gasteiger partial charge on any atom is -0.387 e. The van der Waals surface area contributed by atoms with E-state index in [4.69, 9.17) is 19.6 Å². The molecule has 0 aliphatic carbocycles. The van der Waals surface area contributed by atoms with Crippen LogP contribution in [0.25, 0.3) is 0 Å². The monoisotopic (exact) mass is 758 g/mol. The molecule has 0 aliphatic rings. The van der Waals surface area contributed by atoms with Crippen LogP contribution in [0.1, 0.15) is 83.1 Å². The van der Waals surface area contributed by atoms with Gasteiger partial charge in [0.15, 0.2) is 0 Å². The van der Waals surface area contributed by atoms with E-state index < -0.39 is 0 Å². The van der Waals surface area contributed by atoms with Crippen molar-refractivity contribution in [3.8, 4) is 0 Å². The standard InChI is InChI=1S/4C5H10O2S2.Mo/c4*1-5(2,3)7-6-4(8)9;/h4*1-3H3,(H,8,9);/q;;;;+4/p-4. The Morgan fingerprint density at radius 2 is 0.486 bits per heavy atom. The molecule has 0 bridgehead atoms. The van der Waals surface area contributed by atoms with Crippen LogP contribution < -0.4 is 0 Å². The first kappa shape index (κ1) is 47.7. The number of hydrogen-bond donors (Lipinski definition) is 0. The molecule has 0 aromatic heterocycles. The quantitative estimate of drug-likeness (QED) is 0.107. The molecule has 0 aromatic carbocycles. The van der Waals surface area contributed by atoms with E-state index in [1.807, 2.05) is 83.1 Å². The van der Waals surface area contributed by atoms with Gasteiger partial charge in [-0.05, 0) is 83.1 Å². The van der Waals surface area contributed by atoms with Crippen molar-refractivity contribution in [1.29, 1.82) is 0 Å². The molecule has 218 valence electrons. The van der Waals surface area contributed by atoms with Gasteiger partial charge in [-0.15, -0.1) is 0 Å². The van der Waals surface area contributed by atoms with Crippen LogP contribution in [0.2, 0.25) is 0 Å². The Balaban J connectivity index is -0.000000122. The predicted octanol–water partition coefficient (Wildman–Crippen LogP) is 6.26. The van der Waals surface area contributed by atoms with Crippen molar-refractivity contribution in [3.05, 3.63) is 0 Å². The van der Waals surface area contributed by atoms with Gasteiger partial charge in [-0.3, -0.25) is 0 Å². The van der Waals surface area contributed by atoms with Crippen LogP contribution in [-0.4, -0.2) is 39.9 Å². The summed E-state index contributed by atoms with van der Waals surface area (Å²) in [5.41, 5.74) is -1.38.